The SMILES string of the molecule is CCN(c1ccccc1)S(=O)(=O)c1ccc(-n2[nH]c3c(c2=O)COCC3)nc1. The van der Waals surface area contributed by atoms with E-state index in [0.717, 1.165) is 5.69 Å². The maximum atomic E-state index is 13.0. The summed E-state index contributed by atoms with van der Waals surface area (Å²) in [5.74, 6) is 0.334. The zero-order valence-electron chi connectivity index (χ0n) is 15.3. The van der Waals surface area contributed by atoms with Crippen molar-refractivity contribution >= 4 is 15.7 Å². The van der Waals surface area contributed by atoms with E-state index in [0.29, 0.717) is 30.1 Å². The van der Waals surface area contributed by atoms with E-state index >= 15 is 0 Å². The van der Waals surface area contributed by atoms with Crippen LogP contribution in [0.5, 0.6) is 0 Å². The standard InChI is InChI=1S/C19H20N4O4S/c1-2-22(14-6-4-3-5-7-14)28(25,26)15-8-9-18(20-12-15)23-19(24)16-13-27-11-10-17(16)21-23/h3-9,12,21H,2,10-11,13H2,1H3. The lowest BCUT2D eigenvalue weighted by atomic mass is 10.2. The number of pyridine rings is 1. The smallest absolute Gasteiger partial charge is 0.278 e. The molecule has 0 saturated heterocycles. The Morgan fingerprint density at radius 2 is 2.00 bits per heavy atom. The fraction of sp³-hybridized carbons (Fsp3) is 0.263. The molecule has 3 aromatic rings. The molecule has 4 rings (SSSR count). The second-order valence-corrected chi connectivity index (χ2v) is 8.23. The number of anilines is 1. The molecule has 1 aliphatic heterocycles. The van der Waals surface area contributed by atoms with Crippen LogP contribution in [0, 0.1) is 0 Å². The van der Waals surface area contributed by atoms with Crippen LogP contribution in [0.2, 0.25) is 0 Å². The molecule has 0 atom stereocenters. The molecule has 0 radical (unpaired) electrons. The van der Waals surface area contributed by atoms with E-state index in [-0.39, 0.29) is 23.6 Å². The van der Waals surface area contributed by atoms with Gasteiger partial charge in [0.05, 0.1) is 24.5 Å². The molecule has 0 fully saturated rings. The normalized spacial score (nSPS) is 13.9. The van der Waals surface area contributed by atoms with Gasteiger partial charge in [0.15, 0.2) is 5.82 Å². The van der Waals surface area contributed by atoms with Gasteiger partial charge >= 0.3 is 0 Å². The number of hydrogen-bond acceptors (Lipinski definition) is 5. The van der Waals surface area contributed by atoms with Gasteiger partial charge in [0.2, 0.25) is 0 Å². The van der Waals surface area contributed by atoms with Crippen molar-refractivity contribution < 1.29 is 13.2 Å². The van der Waals surface area contributed by atoms with Crippen LogP contribution >= 0.6 is 0 Å². The Bertz CT molecular complexity index is 1130. The number of benzene rings is 1. The van der Waals surface area contributed by atoms with Crippen LogP contribution in [0.25, 0.3) is 5.82 Å². The Morgan fingerprint density at radius 1 is 1.21 bits per heavy atom. The maximum absolute atomic E-state index is 13.0. The molecule has 3 heterocycles. The first-order valence-corrected chi connectivity index (χ1v) is 10.4. The number of nitrogens with zero attached hydrogens (tertiary/aromatic N) is 3. The molecular formula is C19H20N4O4S. The first-order valence-electron chi connectivity index (χ1n) is 8.97. The zero-order chi connectivity index (χ0) is 19.7. The molecule has 1 aromatic carbocycles. The summed E-state index contributed by atoms with van der Waals surface area (Å²) < 4.78 is 34.0. The van der Waals surface area contributed by atoms with E-state index < -0.39 is 10.0 Å². The highest BCUT2D eigenvalue weighted by Crippen LogP contribution is 2.23. The van der Waals surface area contributed by atoms with Crippen molar-refractivity contribution in [3.05, 3.63) is 70.3 Å². The van der Waals surface area contributed by atoms with Gasteiger partial charge in [-0.15, -0.1) is 0 Å². The number of hydrogen-bond donors (Lipinski definition) is 1. The lowest BCUT2D eigenvalue weighted by molar-refractivity contribution is 0.109. The van der Waals surface area contributed by atoms with Gasteiger partial charge in [0.25, 0.3) is 15.6 Å². The topological polar surface area (TPSA) is 97.3 Å². The minimum Gasteiger partial charge on any atom is -0.376 e. The molecule has 146 valence electrons. The zero-order valence-corrected chi connectivity index (χ0v) is 16.1. The second-order valence-electron chi connectivity index (χ2n) is 6.37. The highest BCUT2D eigenvalue weighted by molar-refractivity contribution is 7.92. The number of aromatic nitrogens is 3. The van der Waals surface area contributed by atoms with Crippen LogP contribution < -0.4 is 9.86 Å². The lowest BCUT2D eigenvalue weighted by Gasteiger charge is -2.22. The number of aromatic amines is 1. The number of H-pyrrole nitrogens is 1. The molecule has 0 aliphatic carbocycles. The molecule has 9 heteroatoms. The third-order valence-electron chi connectivity index (χ3n) is 4.68. The van der Waals surface area contributed by atoms with Gasteiger partial charge in [-0.05, 0) is 31.2 Å². The third kappa shape index (κ3) is 3.12. The number of sulfonamides is 1. The Labute approximate surface area is 162 Å². The van der Waals surface area contributed by atoms with Crippen LogP contribution in [-0.2, 0) is 27.8 Å². The van der Waals surface area contributed by atoms with Crippen molar-refractivity contribution in [2.75, 3.05) is 17.5 Å². The highest BCUT2D eigenvalue weighted by Gasteiger charge is 2.24. The summed E-state index contributed by atoms with van der Waals surface area (Å²) in [6.45, 7) is 2.89. The Balaban J connectivity index is 1.68. The van der Waals surface area contributed by atoms with Crippen molar-refractivity contribution in [3.63, 3.8) is 0 Å². The van der Waals surface area contributed by atoms with Crippen molar-refractivity contribution in [2.45, 2.75) is 24.8 Å². The van der Waals surface area contributed by atoms with Gasteiger partial charge in [-0.2, -0.15) is 0 Å². The molecule has 1 N–H and O–H groups in total. The van der Waals surface area contributed by atoms with E-state index in [1.807, 2.05) is 6.07 Å². The molecule has 0 bridgehead atoms. The average molecular weight is 400 g/mol. The predicted octanol–water partition coefficient (Wildman–Crippen LogP) is 1.85. The Hall–Kier alpha value is -2.91. The van der Waals surface area contributed by atoms with Crippen LogP contribution in [0.3, 0.4) is 0 Å². The summed E-state index contributed by atoms with van der Waals surface area (Å²) in [7, 11) is -3.76. The van der Waals surface area contributed by atoms with Crippen LogP contribution in [0.15, 0.2) is 58.4 Å². The molecule has 1 aliphatic rings. The quantitative estimate of drug-likeness (QED) is 0.705. The van der Waals surface area contributed by atoms with Crippen LogP contribution in [0.4, 0.5) is 5.69 Å². The summed E-state index contributed by atoms with van der Waals surface area (Å²) in [4.78, 5) is 16.8. The van der Waals surface area contributed by atoms with E-state index in [9.17, 15) is 13.2 Å². The van der Waals surface area contributed by atoms with Gasteiger partial charge in [-0.25, -0.2) is 18.1 Å². The van der Waals surface area contributed by atoms with Crippen molar-refractivity contribution in [1.29, 1.82) is 0 Å². The fourth-order valence-electron chi connectivity index (χ4n) is 3.25. The van der Waals surface area contributed by atoms with Crippen LogP contribution in [0.1, 0.15) is 18.2 Å². The predicted molar refractivity (Wildman–Crippen MR) is 104 cm³/mol. The Morgan fingerprint density at radius 3 is 2.64 bits per heavy atom. The Kier molecular flexibility index (Phi) is 4.78. The fourth-order valence-corrected chi connectivity index (χ4v) is 4.67. The van der Waals surface area contributed by atoms with Crippen LogP contribution in [-0.4, -0.2) is 36.3 Å². The molecule has 8 nitrogen and oxygen atoms in total. The molecule has 0 amide bonds. The van der Waals surface area contributed by atoms with E-state index in [4.69, 9.17) is 4.74 Å². The maximum Gasteiger partial charge on any atom is 0.278 e. The molecule has 28 heavy (non-hydrogen) atoms. The van der Waals surface area contributed by atoms with E-state index in [2.05, 4.69) is 10.1 Å². The minimum absolute atomic E-state index is 0.0645. The molecular weight excluding hydrogens is 380 g/mol. The van der Waals surface area contributed by atoms with Crippen molar-refractivity contribution in [1.82, 2.24) is 14.8 Å². The summed E-state index contributed by atoms with van der Waals surface area (Å²) in [5.41, 5.74) is 1.78. The number of rotatable bonds is 5. The van der Waals surface area contributed by atoms with Crippen molar-refractivity contribution in [3.8, 4) is 5.82 Å². The number of para-hydroxylation sites is 1. The van der Waals surface area contributed by atoms with E-state index in [1.54, 1.807) is 31.2 Å². The monoisotopic (exact) mass is 400 g/mol. The average Bonchev–Trinajstić information content (AvgIpc) is 3.06. The van der Waals surface area contributed by atoms with Gasteiger partial charge < -0.3 is 4.74 Å². The first kappa shape index (κ1) is 18.5. The van der Waals surface area contributed by atoms with Gasteiger partial charge in [-0.1, -0.05) is 18.2 Å². The number of nitrogens with one attached hydrogen (secondary N) is 1. The molecule has 0 saturated carbocycles. The first-order chi connectivity index (χ1) is 13.5. The highest BCUT2D eigenvalue weighted by atomic mass is 32.2. The van der Waals surface area contributed by atoms with Gasteiger partial charge in [-0.3, -0.25) is 14.2 Å². The van der Waals surface area contributed by atoms with E-state index in [1.165, 1.54) is 27.3 Å². The summed E-state index contributed by atoms with van der Waals surface area (Å²) in [5, 5.41) is 3.04. The largest absolute Gasteiger partial charge is 0.376 e. The van der Waals surface area contributed by atoms with Gasteiger partial charge in [0.1, 0.15) is 4.90 Å². The molecule has 0 unspecified atom stereocenters. The number of fused-ring (bicyclic) bond motifs is 1. The minimum atomic E-state index is -3.76. The molecule has 0 spiro atoms. The van der Waals surface area contributed by atoms with Crippen molar-refractivity contribution in [2.24, 2.45) is 0 Å². The summed E-state index contributed by atoms with van der Waals surface area (Å²) >= 11 is 0. The number of ether oxygens (including phenoxy) is 1. The molecule has 2 aromatic heterocycles. The summed E-state index contributed by atoms with van der Waals surface area (Å²) in [6, 6.07) is 11.9. The van der Waals surface area contributed by atoms with Gasteiger partial charge in [0, 0.05) is 24.9 Å². The lowest BCUT2D eigenvalue weighted by Crippen LogP contribution is -2.31. The second kappa shape index (κ2) is 7.25. The summed E-state index contributed by atoms with van der Waals surface area (Å²) in [6.07, 6.45) is 1.91. The third-order valence-corrected chi connectivity index (χ3v) is 6.57.